The standard InChI is InChI=1S/C24H44O/c1-3-7-20-8-10-21(11-9-20)12-13-22-14-16-23(17-15-22)24(25-2)18-5-4-6-19-24/h20-23H,3-19H2,1-2H3. The Labute approximate surface area is 157 Å². The van der Waals surface area contributed by atoms with Gasteiger partial charge in [-0.15, -0.1) is 0 Å². The third-order valence-electron chi connectivity index (χ3n) is 8.34. The molecular weight excluding hydrogens is 304 g/mol. The number of methoxy groups -OCH3 is 1. The summed E-state index contributed by atoms with van der Waals surface area (Å²) in [5.74, 6) is 4.02. The predicted octanol–water partition coefficient (Wildman–Crippen LogP) is 7.53. The Kier molecular flexibility index (Phi) is 7.70. The molecule has 3 saturated carbocycles. The van der Waals surface area contributed by atoms with Gasteiger partial charge in [0.05, 0.1) is 5.60 Å². The second-order valence-corrected chi connectivity index (χ2v) is 9.80. The summed E-state index contributed by atoms with van der Waals surface area (Å²) in [5, 5.41) is 0. The molecule has 0 heterocycles. The Bertz CT molecular complexity index is 354. The molecule has 0 aromatic carbocycles. The Morgan fingerprint density at radius 2 is 1.16 bits per heavy atom. The molecule has 0 aromatic heterocycles. The molecule has 146 valence electrons. The Morgan fingerprint density at radius 3 is 1.64 bits per heavy atom. The van der Waals surface area contributed by atoms with Crippen LogP contribution in [0.25, 0.3) is 0 Å². The van der Waals surface area contributed by atoms with Crippen molar-refractivity contribution in [2.45, 2.75) is 122 Å². The fourth-order valence-electron chi connectivity index (χ4n) is 6.59. The third-order valence-corrected chi connectivity index (χ3v) is 8.34. The van der Waals surface area contributed by atoms with Crippen LogP contribution in [-0.4, -0.2) is 12.7 Å². The first kappa shape index (κ1) is 19.7. The van der Waals surface area contributed by atoms with E-state index in [4.69, 9.17) is 4.74 Å². The molecule has 0 saturated heterocycles. The van der Waals surface area contributed by atoms with Crippen molar-refractivity contribution in [3.63, 3.8) is 0 Å². The van der Waals surface area contributed by atoms with Crippen LogP contribution in [0.3, 0.4) is 0 Å². The maximum atomic E-state index is 6.14. The Hall–Kier alpha value is -0.0400. The molecule has 0 atom stereocenters. The van der Waals surface area contributed by atoms with Gasteiger partial charge in [-0.05, 0) is 49.4 Å². The molecule has 0 aromatic rings. The maximum absolute atomic E-state index is 6.14. The lowest BCUT2D eigenvalue weighted by molar-refractivity contribution is -0.0972. The smallest absolute Gasteiger partial charge is 0.0706 e. The summed E-state index contributed by atoms with van der Waals surface area (Å²) in [6, 6.07) is 0. The van der Waals surface area contributed by atoms with Crippen LogP contribution in [0.15, 0.2) is 0 Å². The van der Waals surface area contributed by atoms with Crippen LogP contribution in [0.2, 0.25) is 0 Å². The molecule has 3 rings (SSSR count). The number of rotatable bonds is 7. The van der Waals surface area contributed by atoms with E-state index in [1.807, 2.05) is 7.11 Å². The van der Waals surface area contributed by atoms with Gasteiger partial charge in [-0.25, -0.2) is 0 Å². The molecule has 3 aliphatic rings. The molecule has 1 heteroatoms. The van der Waals surface area contributed by atoms with Gasteiger partial charge in [-0.2, -0.15) is 0 Å². The van der Waals surface area contributed by atoms with Crippen LogP contribution in [-0.2, 0) is 4.74 Å². The summed E-state index contributed by atoms with van der Waals surface area (Å²) in [6.07, 6.45) is 24.8. The summed E-state index contributed by atoms with van der Waals surface area (Å²) in [6.45, 7) is 2.35. The number of ether oxygens (including phenoxy) is 1. The average molecular weight is 349 g/mol. The highest BCUT2D eigenvalue weighted by molar-refractivity contribution is 4.93. The van der Waals surface area contributed by atoms with E-state index in [0.29, 0.717) is 0 Å². The average Bonchev–Trinajstić information content (AvgIpc) is 2.68. The van der Waals surface area contributed by atoms with Crippen molar-refractivity contribution in [3.05, 3.63) is 0 Å². The summed E-state index contributed by atoms with van der Waals surface area (Å²) < 4.78 is 6.14. The van der Waals surface area contributed by atoms with E-state index in [2.05, 4.69) is 6.92 Å². The van der Waals surface area contributed by atoms with Crippen LogP contribution < -0.4 is 0 Å². The molecule has 3 fully saturated rings. The minimum Gasteiger partial charge on any atom is -0.378 e. The zero-order chi connectivity index (χ0) is 17.5. The number of hydrogen-bond acceptors (Lipinski definition) is 1. The SMILES string of the molecule is CCCC1CCC(CCC2CCC(C3(OC)CCCCC3)CC2)CC1. The van der Waals surface area contributed by atoms with Gasteiger partial charge < -0.3 is 4.74 Å². The van der Waals surface area contributed by atoms with E-state index >= 15 is 0 Å². The van der Waals surface area contributed by atoms with E-state index in [1.165, 1.54) is 109 Å². The second-order valence-electron chi connectivity index (χ2n) is 9.80. The lowest BCUT2D eigenvalue weighted by atomic mass is 9.67. The molecular formula is C24H44O. The van der Waals surface area contributed by atoms with Crippen LogP contribution in [0.1, 0.15) is 116 Å². The maximum Gasteiger partial charge on any atom is 0.0706 e. The highest BCUT2D eigenvalue weighted by Crippen LogP contribution is 2.46. The van der Waals surface area contributed by atoms with Gasteiger partial charge in [0.15, 0.2) is 0 Å². The van der Waals surface area contributed by atoms with Gasteiger partial charge in [0.25, 0.3) is 0 Å². The molecule has 0 radical (unpaired) electrons. The molecule has 0 spiro atoms. The van der Waals surface area contributed by atoms with E-state index in [9.17, 15) is 0 Å². The van der Waals surface area contributed by atoms with Gasteiger partial charge in [-0.3, -0.25) is 0 Å². The highest BCUT2D eigenvalue weighted by atomic mass is 16.5. The van der Waals surface area contributed by atoms with E-state index in [0.717, 1.165) is 23.7 Å². The first-order chi connectivity index (χ1) is 12.3. The van der Waals surface area contributed by atoms with E-state index < -0.39 is 0 Å². The zero-order valence-electron chi connectivity index (χ0n) is 17.2. The van der Waals surface area contributed by atoms with E-state index in [1.54, 1.807) is 0 Å². The topological polar surface area (TPSA) is 9.23 Å². The minimum atomic E-state index is 0.265. The van der Waals surface area contributed by atoms with Crippen LogP contribution >= 0.6 is 0 Å². The number of hydrogen-bond donors (Lipinski definition) is 0. The van der Waals surface area contributed by atoms with Crippen molar-refractivity contribution < 1.29 is 4.74 Å². The second kappa shape index (κ2) is 9.77. The third kappa shape index (κ3) is 5.24. The molecule has 0 unspecified atom stereocenters. The summed E-state index contributed by atoms with van der Waals surface area (Å²) >= 11 is 0. The summed E-state index contributed by atoms with van der Waals surface area (Å²) in [5.41, 5.74) is 0.265. The van der Waals surface area contributed by atoms with Crippen molar-refractivity contribution in [2.75, 3.05) is 7.11 Å². The van der Waals surface area contributed by atoms with Gasteiger partial charge in [0, 0.05) is 7.11 Å². The molecule has 0 aliphatic heterocycles. The van der Waals surface area contributed by atoms with Crippen molar-refractivity contribution in [2.24, 2.45) is 23.7 Å². The van der Waals surface area contributed by atoms with Gasteiger partial charge in [-0.1, -0.05) is 90.4 Å². The lowest BCUT2D eigenvalue weighted by Crippen LogP contribution is -2.43. The summed E-state index contributed by atoms with van der Waals surface area (Å²) in [4.78, 5) is 0. The minimum absolute atomic E-state index is 0.265. The lowest BCUT2D eigenvalue weighted by Gasteiger charge is -2.45. The van der Waals surface area contributed by atoms with Gasteiger partial charge in [0.1, 0.15) is 0 Å². The highest BCUT2D eigenvalue weighted by Gasteiger charge is 2.41. The van der Waals surface area contributed by atoms with Crippen molar-refractivity contribution in [1.82, 2.24) is 0 Å². The molecule has 1 nitrogen and oxygen atoms in total. The largest absolute Gasteiger partial charge is 0.378 e. The van der Waals surface area contributed by atoms with E-state index in [-0.39, 0.29) is 5.60 Å². The van der Waals surface area contributed by atoms with Crippen molar-refractivity contribution >= 4 is 0 Å². The zero-order valence-corrected chi connectivity index (χ0v) is 17.2. The van der Waals surface area contributed by atoms with Gasteiger partial charge in [0.2, 0.25) is 0 Å². The Morgan fingerprint density at radius 1 is 0.680 bits per heavy atom. The molecule has 0 bridgehead atoms. The van der Waals surface area contributed by atoms with Crippen LogP contribution in [0, 0.1) is 23.7 Å². The first-order valence-corrected chi connectivity index (χ1v) is 11.8. The molecule has 0 amide bonds. The predicted molar refractivity (Wildman–Crippen MR) is 108 cm³/mol. The monoisotopic (exact) mass is 348 g/mol. The van der Waals surface area contributed by atoms with Crippen molar-refractivity contribution in [1.29, 1.82) is 0 Å². The Balaban J connectivity index is 1.35. The fourth-order valence-corrected chi connectivity index (χ4v) is 6.59. The normalized spacial score (nSPS) is 36.2. The first-order valence-electron chi connectivity index (χ1n) is 11.8. The fraction of sp³-hybridized carbons (Fsp3) is 1.00. The van der Waals surface area contributed by atoms with Crippen molar-refractivity contribution in [3.8, 4) is 0 Å². The molecule has 3 aliphatic carbocycles. The van der Waals surface area contributed by atoms with Crippen LogP contribution in [0.4, 0.5) is 0 Å². The van der Waals surface area contributed by atoms with Crippen LogP contribution in [0.5, 0.6) is 0 Å². The molecule has 25 heavy (non-hydrogen) atoms. The van der Waals surface area contributed by atoms with Gasteiger partial charge >= 0.3 is 0 Å². The summed E-state index contributed by atoms with van der Waals surface area (Å²) in [7, 11) is 1.99. The molecule has 0 N–H and O–H groups in total. The quantitative estimate of drug-likeness (QED) is 0.462.